The number of methoxy groups -OCH3 is 1. The van der Waals surface area contributed by atoms with E-state index in [9.17, 15) is 9.90 Å². The Hall–Kier alpha value is -2.31. The molecular formula is C22H33NO5. The predicted octanol–water partition coefficient (Wildman–Crippen LogP) is 3.94. The predicted molar refractivity (Wildman–Crippen MR) is 110 cm³/mol. The van der Waals surface area contributed by atoms with Crippen molar-refractivity contribution in [2.75, 3.05) is 20.3 Å². The van der Waals surface area contributed by atoms with Crippen LogP contribution in [-0.4, -0.2) is 54.1 Å². The molecule has 6 nitrogen and oxygen atoms in total. The minimum absolute atomic E-state index is 0.245. The number of aliphatic hydroxyl groups excluding tert-OH is 1. The van der Waals surface area contributed by atoms with Gasteiger partial charge < -0.3 is 19.3 Å². The Morgan fingerprint density at radius 2 is 1.89 bits per heavy atom. The van der Waals surface area contributed by atoms with Gasteiger partial charge >= 0.3 is 6.09 Å². The molecule has 0 spiro atoms. The first kappa shape index (κ1) is 23.7. The Balaban J connectivity index is 2.58. The number of aliphatic hydroxyl groups is 1. The summed E-state index contributed by atoms with van der Waals surface area (Å²) in [5.74, 6) is 0.789. The van der Waals surface area contributed by atoms with Crippen LogP contribution in [0.25, 0.3) is 0 Å². The van der Waals surface area contributed by atoms with Crippen LogP contribution in [0.5, 0.6) is 5.75 Å². The molecule has 0 fully saturated rings. The summed E-state index contributed by atoms with van der Waals surface area (Å²) in [5, 5.41) is 10.6. The summed E-state index contributed by atoms with van der Waals surface area (Å²) in [6.07, 6.45) is 2.13. The van der Waals surface area contributed by atoms with Gasteiger partial charge in [-0.2, -0.15) is 0 Å². The van der Waals surface area contributed by atoms with Crippen molar-refractivity contribution >= 4 is 6.09 Å². The summed E-state index contributed by atoms with van der Waals surface area (Å²) in [6.45, 7) is 13.8. The van der Waals surface area contributed by atoms with E-state index in [2.05, 4.69) is 13.2 Å². The third-order valence-electron chi connectivity index (χ3n) is 3.94. The molecule has 0 saturated heterocycles. The second kappa shape index (κ2) is 11.5. The number of ether oxygens (including phenoxy) is 3. The molecule has 2 atom stereocenters. The average Bonchev–Trinajstić information content (AvgIpc) is 2.64. The topological polar surface area (TPSA) is 68.2 Å². The lowest BCUT2D eigenvalue weighted by atomic mass is 10.1. The summed E-state index contributed by atoms with van der Waals surface area (Å²) >= 11 is 0. The standard InChI is InChI=1S/C22H33NO5/c1-7-14-23(21(25)28-22(3,4)5)19(8-2)20(24)13-15-27-16-17-9-11-18(26-6)12-10-17/h7-12,19-20,24H,1-2,13-16H2,3-6H3/t19-,20+/m0/s1. The largest absolute Gasteiger partial charge is 0.497 e. The molecule has 28 heavy (non-hydrogen) atoms. The van der Waals surface area contributed by atoms with Crippen LogP contribution in [0.4, 0.5) is 4.79 Å². The van der Waals surface area contributed by atoms with E-state index in [0.29, 0.717) is 19.6 Å². The van der Waals surface area contributed by atoms with Crippen molar-refractivity contribution in [1.29, 1.82) is 0 Å². The molecule has 0 radical (unpaired) electrons. The van der Waals surface area contributed by atoms with E-state index in [4.69, 9.17) is 14.2 Å². The van der Waals surface area contributed by atoms with Crippen molar-refractivity contribution in [2.45, 2.75) is 51.5 Å². The molecule has 156 valence electrons. The highest BCUT2D eigenvalue weighted by atomic mass is 16.6. The number of amides is 1. The molecule has 0 aliphatic carbocycles. The van der Waals surface area contributed by atoms with Crippen LogP contribution in [-0.2, 0) is 16.1 Å². The first-order valence-corrected chi connectivity index (χ1v) is 9.33. The maximum atomic E-state index is 12.5. The van der Waals surface area contributed by atoms with Crippen molar-refractivity contribution in [3.63, 3.8) is 0 Å². The fourth-order valence-corrected chi connectivity index (χ4v) is 2.56. The first-order valence-electron chi connectivity index (χ1n) is 9.33. The lowest BCUT2D eigenvalue weighted by molar-refractivity contribution is -0.00172. The maximum absolute atomic E-state index is 12.5. The Morgan fingerprint density at radius 3 is 2.39 bits per heavy atom. The average molecular weight is 392 g/mol. The van der Waals surface area contributed by atoms with Crippen molar-refractivity contribution in [1.82, 2.24) is 4.90 Å². The van der Waals surface area contributed by atoms with E-state index in [1.54, 1.807) is 40.0 Å². The second-order valence-corrected chi connectivity index (χ2v) is 7.40. The Labute approximate surface area is 168 Å². The molecule has 1 rings (SSSR count). The molecule has 0 saturated carbocycles. The van der Waals surface area contributed by atoms with E-state index in [1.165, 1.54) is 4.90 Å². The van der Waals surface area contributed by atoms with Gasteiger partial charge in [0.2, 0.25) is 0 Å². The summed E-state index contributed by atoms with van der Waals surface area (Å²) in [7, 11) is 1.62. The van der Waals surface area contributed by atoms with Gasteiger partial charge in [0, 0.05) is 13.2 Å². The molecule has 1 aromatic rings. The number of hydrogen-bond donors (Lipinski definition) is 1. The number of carbonyl (C=O) groups excluding carboxylic acids is 1. The number of hydrogen-bond acceptors (Lipinski definition) is 5. The number of rotatable bonds is 11. The zero-order valence-corrected chi connectivity index (χ0v) is 17.4. The maximum Gasteiger partial charge on any atom is 0.411 e. The molecule has 0 heterocycles. The fourth-order valence-electron chi connectivity index (χ4n) is 2.56. The lowest BCUT2D eigenvalue weighted by Gasteiger charge is -2.33. The van der Waals surface area contributed by atoms with Crippen LogP contribution < -0.4 is 4.74 Å². The van der Waals surface area contributed by atoms with Crippen LogP contribution >= 0.6 is 0 Å². The van der Waals surface area contributed by atoms with Crippen LogP contribution in [0.2, 0.25) is 0 Å². The molecule has 1 aromatic carbocycles. The van der Waals surface area contributed by atoms with E-state index < -0.39 is 23.8 Å². The van der Waals surface area contributed by atoms with Gasteiger partial charge in [-0.25, -0.2) is 4.79 Å². The third-order valence-corrected chi connectivity index (χ3v) is 3.94. The molecule has 0 unspecified atom stereocenters. The van der Waals surface area contributed by atoms with Gasteiger partial charge in [0.1, 0.15) is 11.4 Å². The lowest BCUT2D eigenvalue weighted by Crippen LogP contribution is -2.48. The molecule has 1 amide bonds. The molecular weight excluding hydrogens is 358 g/mol. The van der Waals surface area contributed by atoms with Crippen molar-refractivity contribution in [3.8, 4) is 5.75 Å². The van der Waals surface area contributed by atoms with E-state index in [0.717, 1.165) is 11.3 Å². The van der Waals surface area contributed by atoms with Crippen LogP contribution in [0.1, 0.15) is 32.8 Å². The molecule has 0 aliphatic heterocycles. The first-order chi connectivity index (χ1) is 13.2. The summed E-state index contributed by atoms with van der Waals surface area (Å²) in [5.41, 5.74) is 0.381. The van der Waals surface area contributed by atoms with Crippen molar-refractivity contribution < 1.29 is 24.1 Å². The van der Waals surface area contributed by atoms with Crippen LogP contribution in [0.3, 0.4) is 0 Å². The monoisotopic (exact) mass is 391 g/mol. The zero-order chi connectivity index (χ0) is 21.2. The SMILES string of the molecule is C=CCN(C(=O)OC(C)(C)C)[C@@H](C=C)[C@H](O)CCOCc1ccc(OC)cc1. The summed E-state index contributed by atoms with van der Waals surface area (Å²) < 4.78 is 16.2. The highest BCUT2D eigenvalue weighted by Crippen LogP contribution is 2.17. The van der Waals surface area contributed by atoms with Gasteiger partial charge in [0.25, 0.3) is 0 Å². The molecule has 0 bridgehead atoms. The Morgan fingerprint density at radius 1 is 1.25 bits per heavy atom. The zero-order valence-electron chi connectivity index (χ0n) is 17.4. The van der Waals surface area contributed by atoms with Gasteiger partial charge in [0.15, 0.2) is 0 Å². The molecule has 0 aliphatic rings. The van der Waals surface area contributed by atoms with E-state index >= 15 is 0 Å². The normalized spacial score (nSPS) is 13.3. The highest BCUT2D eigenvalue weighted by molar-refractivity contribution is 5.69. The van der Waals surface area contributed by atoms with E-state index in [1.807, 2.05) is 24.3 Å². The van der Waals surface area contributed by atoms with Crippen molar-refractivity contribution in [2.24, 2.45) is 0 Å². The molecule has 1 N–H and O–H groups in total. The van der Waals surface area contributed by atoms with Crippen LogP contribution in [0.15, 0.2) is 49.6 Å². The summed E-state index contributed by atoms with van der Waals surface area (Å²) in [6, 6.07) is 6.99. The third kappa shape index (κ3) is 8.15. The number of carbonyl (C=O) groups is 1. The highest BCUT2D eigenvalue weighted by Gasteiger charge is 2.30. The van der Waals surface area contributed by atoms with Crippen molar-refractivity contribution in [3.05, 3.63) is 55.1 Å². The number of benzene rings is 1. The van der Waals surface area contributed by atoms with E-state index in [-0.39, 0.29) is 6.54 Å². The van der Waals surface area contributed by atoms with Crippen LogP contribution in [0, 0.1) is 0 Å². The van der Waals surface area contributed by atoms with Gasteiger partial charge in [0.05, 0.1) is 25.9 Å². The smallest absolute Gasteiger partial charge is 0.411 e. The fraction of sp³-hybridized carbons (Fsp3) is 0.500. The van der Waals surface area contributed by atoms with Gasteiger partial charge in [-0.1, -0.05) is 24.3 Å². The Bertz CT molecular complexity index is 621. The molecule has 6 heteroatoms. The quantitative estimate of drug-likeness (QED) is 0.457. The van der Waals surface area contributed by atoms with Gasteiger partial charge in [-0.05, 0) is 44.9 Å². The Kier molecular flexibility index (Phi) is 9.76. The minimum Gasteiger partial charge on any atom is -0.497 e. The second-order valence-electron chi connectivity index (χ2n) is 7.40. The summed E-state index contributed by atoms with van der Waals surface area (Å²) in [4.78, 5) is 13.9. The number of nitrogens with zero attached hydrogens (tertiary/aromatic N) is 1. The minimum atomic E-state index is -0.833. The van der Waals surface area contributed by atoms with Gasteiger partial charge in [-0.3, -0.25) is 4.90 Å². The molecule has 0 aromatic heterocycles. The van der Waals surface area contributed by atoms with Gasteiger partial charge in [-0.15, -0.1) is 13.2 Å².